The van der Waals surface area contributed by atoms with Crippen LogP contribution in [0.15, 0.2) is 40.2 Å². The lowest BCUT2D eigenvalue weighted by molar-refractivity contribution is -0.146. The quantitative estimate of drug-likeness (QED) is 0.275. The predicted molar refractivity (Wildman–Crippen MR) is 127 cm³/mol. The van der Waals surface area contributed by atoms with Gasteiger partial charge in [-0.3, -0.25) is 9.79 Å². The van der Waals surface area contributed by atoms with E-state index in [0.717, 1.165) is 38.4 Å². The van der Waals surface area contributed by atoms with Crippen LogP contribution >= 0.6 is 35.7 Å². The van der Waals surface area contributed by atoms with E-state index in [1.807, 2.05) is 18.8 Å². The fourth-order valence-electron chi connectivity index (χ4n) is 4.14. The number of likely N-dealkylation sites (tertiary alicyclic amines) is 1. The highest BCUT2D eigenvalue weighted by molar-refractivity contribution is 14.0. The topological polar surface area (TPSA) is 53.9 Å². The average Bonchev–Trinajstić information content (AvgIpc) is 3.17. The average molecular weight is 517 g/mol. The molecule has 0 spiro atoms. The minimum Gasteiger partial charge on any atom is -0.469 e. The fraction of sp³-hybridized carbons (Fsp3) is 0.619. The van der Waals surface area contributed by atoms with E-state index in [2.05, 4.69) is 45.5 Å². The van der Waals surface area contributed by atoms with Gasteiger partial charge in [0, 0.05) is 36.3 Å². The molecule has 1 aromatic carbocycles. The SMILES string of the molecule is CN=C(NCC1(Sc2ccccc2)CCCC1)N1CCC(C(=O)OC)CC1.I. The summed E-state index contributed by atoms with van der Waals surface area (Å²) in [5.41, 5.74) is 0. The second kappa shape index (κ2) is 11.3. The number of hydrogen-bond acceptors (Lipinski definition) is 4. The number of nitrogens with one attached hydrogen (secondary N) is 1. The molecule has 1 heterocycles. The van der Waals surface area contributed by atoms with Gasteiger partial charge in [-0.2, -0.15) is 0 Å². The Bertz CT molecular complexity index is 642. The molecule has 1 aliphatic carbocycles. The molecule has 1 aromatic rings. The molecular weight excluding hydrogens is 485 g/mol. The first-order valence-corrected chi connectivity index (χ1v) is 10.7. The highest BCUT2D eigenvalue weighted by atomic mass is 127. The zero-order valence-electron chi connectivity index (χ0n) is 16.9. The van der Waals surface area contributed by atoms with Crippen LogP contribution in [0, 0.1) is 5.92 Å². The molecule has 3 rings (SSSR count). The molecule has 28 heavy (non-hydrogen) atoms. The minimum atomic E-state index is -0.0817. The lowest BCUT2D eigenvalue weighted by Gasteiger charge is -2.35. The van der Waals surface area contributed by atoms with Crippen molar-refractivity contribution in [3.63, 3.8) is 0 Å². The van der Waals surface area contributed by atoms with E-state index in [1.54, 1.807) is 0 Å². The summed E-state index contributed by atoms with van der Waals surface area (Å²) in [6.45, 7) is 2.62. The smallest absolute Gasteiger partial charge is 0.308 e. The van der Waals surface area contributed by atoms with Gasteiger partial charge in [0.1, 0.15) is 0 Å². The molecule has 1 saturated carbocycles. The van der Waals surface area contributed by atoms with E-state index in [4.69, 9.17) is 4.74 Å². The number of rotatable bonds is 5. The first-order valence-electron chi connectivity index (χ1n) is 9.93. The van der Waals surface area contributed by atoms with Gasteiger partial charge in [-0.25, -0.2) is 0 Å². The number of esters is 1. The Morgan fingerprint density at radius 2 is 1.89 bits per heavy atom. The third-order valence-corrected chi connectivity index (χ3v) is 7.20. The van der Waals surface area contributed by atoms with Gasteiger partial charge in [0.15, 0.2) is 5.96 Å². The van der Waals surface area contributed by atoms with Crippen molar-refractivity contribution in [1.82, 2.24) is 10.2 Å². The van der Waals surface area contributed by atoms with Crippen LogP contribution in [-0.2, 0) is 9.53 Å². The molecule has 0 bridgehead atoms. The van der Waals surface area contributed by atoms with Crippen LogP contribution in [0.4, 0.5) is 0 Å². The first-order chi connectivity index (χ1) is 13.2. The van der Waals surface area contributed by atoms with Crippen molar-refractivity contribution in [2.24, 2.45) is 10.9 Å². The van der Waals surface area contributed by atoms with Crippen LogP contribution in [-0.4, -0.2) is 55.4 Å². The molecule has 2 aliphatic rings. The van der Waals surface area contributed by atoms with Crippen LogP contribution in [0.2, 0.25) is 0 Å². The number of nitrogens with zero attached hydrogens (tertiary/aromatic N) is 2. The number of halogens is 1. The maximum absolute atomic E-state index is 11.7. The van der Waals surface area contributed by atoms with Crippen LogP contribution < -0.4 is 5.32 Å². The number of hydrogen-bond donors (Lipinski definition) is 1. The molecule has 0 radical (unpaired) electrons. The second-order valence-corrected chi connectivity index (χ2v) is 9.03. The van der Waals surface area contributed by atoms with E-state index in [9.17, 15) is 4.79 Å². The summed E-state index contributed by atoms with van der Waals surface area (Å²) in [5, 5.41) is 3.64. The molecule has 0 unspecified atom stereocenters. The molecular formula is C21H32IN3O2S. The Morgan fingerprint density at radius 3 is 2.46 bits per heavy atom. The van der Waals surface area contributed by atoms with E-state index in [0.29, 0.717) is 0 Å². The van der Waals surface area contributed by atoms with Crippen LogP contribution in [0.25, 0.3) is 0 Å². The molecule has 0 amide bonds. The lowest BCUT2D eigenvalue weighted by Crippen LogP contribution is -2.49. The zero-order valence-corrected chi connectivity index (χ0v) is 20.0. The van der Waals surface area contributed by atoms with Crippen LogP contribution in [0.5, 0.6) is 0 Å². The maximum atomic E-state index is 11.7. The van der Waals surface area contributed by atoms with E-state index < -0.39 is 0 Å². The maximum Gasteiger partial charge on any atom is 0.308 e. The molecule has 0 atom stereocenters. The molecule has 0 aromatic heterocycles. The van der Waals surface area contributed by atoms with E-state index >= 15 is 0 Å². The van der Waals surface area contributed by atoms with Gasteiger partial charge in [-0.15, -0.1) is 35.7 Å². The van der Waals surface area contributed by atoms with Crippen molar-refractivity contribution in [1.29, 1.82) is 0 Å². The molecule has 5 nitrogen and oxygen atoms in total. The summed E-state index contributed by atoms with van der Waals surface area (Å²) in [4.78, 5) is 19.9. The Morgan fingerprint density at radius 1 is 1.25 bits per heavy atom. The standard InChI is InChI=1S/C21H31N3O2S.HI/c1-22-20(24-14-10-17(11-15-24)19(25)26-2)23-16-21(12-6-7-13-21)27-18-8-4-3-5-9-18;/h3-5,8-9,17H,6-7,10-16H2,1-2H3,(H,22,23);1H. The van der Waals surface area contributed by atoms with Gasteiger partial charge in [0.05, 0.1) is 13.0 Å². The molecule has 1 N–H and O–H groups in total. The van der Waals surface area contributed by atoms with E-state index in [-0.39, 0.29) is 40.6 Å². The van der Waals surface area contributed by atoms with Crippen molar-refractivity contribution >= 4 is 47.7 Å². The molecule has 156 valence electrons. The molecule has 1 aliphatic heterocycles. The van der Waals surface area contributed by atoms with E-state index in [1.165, 1.54) is 37.7 Å². The Balaban J connectivity index is 0.00000280. The summed E-state index contributed by atoms with van der Waals surface area (Å²) in [6.07, 6.45) is 6.73. The highest BCUT2D eigenvalue weighted by Crippen LogP contribution is 2.44. The number of benzene rings is 1. The number of carbonyl (C=O) groups excluding carboxylic acids is 1. The number of methoxy groups -OCH3 is 1. The number of ether oxygens (including phenoxy) is 1. The van der Waals surface area contributed by atoms with Crippen LogP contribution in [0.3, 0.4) is 0 Å². The van der Waals surface area contributed by atoms with Gasteiger partial charge in [0.25, 0.3) is 0 Å². The second-order valence-electron chi connectivity index (χ2n) is 7.49. The fourth-order valence-corrected chi connectivity index (χ4v) is 5.57. The van der Waals surface area contributed by atoms with Crippen molar-refractivity contribution in [2.45, 2.75) is 48.2 Å². The Hall–Kier alpha value is -0.960. The number of piperidine rings is 1. The van der Waals surface area contributed by atoms with Crippen molar-refractivity contribution in [3.8, 4) is 0 Å². The van der Waals surface area contributed by atoms with Crippen molar-refractivity contribution in [3.05, 3.63) is 30.3 Å². The van der Waals surface area contributed by atoms with Crippen molar-refractivity contribution in [2.75, 3.05) is 33.8 Å². The zero-order chi connectivity index (χ0) is 19.1. The number of thioether (sulfide) groups is 1. The number of carbonyl (C=O) groups is 1. The molecule has 7 heteroatoms. The van der Waals surface area contributed by atoms with Gasteiger partial charge >= 0.3 is 5.97 Å². The third kappa shape index (κ3) is 6.02. The van der Waals surface area contributed by atoms with Gasteiger partial charge in [-0.1, -0.05) is 31.0 Å². The molecule has 2 fully saturated rings. The van der Waals surface area contributed by atoms with Gasteiger partial charge in [-0.05, 0) is 37.8 Å². The summed E-state index contributed by atoms with van der Waals surface area (Å²) >= 11 is 2.01. The normalized spacial score (nSPS) is 19.8. The summed E-state index contributed by atoms with van der Waals surface area (Å²) in [7, 11) is 3.32. The lowest BCUT2D eigenvalue weighted by atomic mass is 9.97. The monoisotopic (exact) mass is 517 g/mol. The van der Waals surface area contributed by atoms with Gasteiger partial charge in [0.2, 0.25) is 0 Å². The first kappa shape index (κ1) is 23.3. The highest BCUT2D eigenvalue weighted by Gasteiger charge is 2.36. The van der Waals surface area contributed by atoms with Gasteiger partial charge < -0.3 is 15.0 Å². The predicted octanol–water partition coefficient (Wildman–Crippen LogP) is 4.17. The molecule has 1 saturated heterocycles. The van der Waals surface area contributed by atoms with Crippen LogP contribution in [0.1, 0.15) is 38.5 Å². The summed E-state index contributed by atoms with van der Waals surface area (Å²) in [5.74, 6) is 0.902. The Kier molecular flexibility index (Phi) is 9.40. The number of guanidine groups is 1. The largest absolute Gasteiger partial charge is 0.469 e. The summed E-state index contributed by atoms with van der Waals surface area (Å²) < 4.78 is 5.13. The summed E-state index contributed by atoms with van der Waals surface area (Å²) in [6, 6.07) is 10.7. The third-order valence-electron chi connectivity index (χ3n) is 5.70. The van der Waals surface area contributed by atoms with Crippen molar-refractivity contribution < 1.29 is 9.53 Å². The Labute approximate surface area is 190 Å². The minimum absolute atomic E-state index is 0. The number of aliphatic imine (C=N–C) groups is 1.